The third kappa shape index (κ3) is 2.84. The summed E-state index contributed by atoms with van der Waals surface area (Å²) >= 11 is 1.33. The second-order valence-electron chi connectivity index (χ2n) is 4.77. The first-order valence-corrected chi connectivity index (χ1v) is 6.85. The zero-order valence-corrected chi connectivity index (χ0v) is 11.1. The molecule has 0 spiro atoms. The Morgan fingerprint density at radius 2 is 2.12 bits per heavy atom. The maximum absolute atomic E-state index is 11.1. The van der Waals surface area contributed by atoms with Crippen LogP contribution >= 0.6 is 11.3 Å². The van der Waals surface area contributed by atoms with Crippen molar-refractivity contribution in [2.24, 2.45) is 0 Å². The van der Waals surface area contributed by atoms with Crippen LogP contribution in [0.25, 0.3) is 0 Å². The molecule has 1 aromatic heterocycles. The van der Waals surface area contributed by atoms with Crippen LogP contribution in [0.15, 0.2) is 0 Å². The number of aromatic carboxylic acids is 1. The quantitative estimate of drug-likeness (QED) is 0.897. The summed E-state index contributed by atoms with van der Waals surface area (Å²) in [6, 6.07) is 0. The first-order valence-electron chi connectivity index (χ1n) is 6.03. The van der Waals surface area contributed by atoms with Gasteiger partial charge in [0.05, 0.1) is 12.2 Å². The molecule has 0 aromatic carbocycles. The lowest BCUT2D eigenvalue weighted by molar-refractivity contribution is 0.0700. The SMILES string of the molecule is CC(C)c1nc(CN2CCCC2)sc1C(=O)O. The zero-order valence-electron chi connectivity index (χ0n) is 10.3. The number of aromatic nitrogens is 1. The second kappa shape index (κ2) is 5.14. The van der Waals surface area contributed by atoms with Crippen LogP contribution < -0.4 is 0 Å². The molecular weight excluding hydrogens is 236 g/mol. The molecule has 1 aromatic rings. The third-order valence-electron chi connectivity index (χ3n) is 3.00. The van der Waals surface area contributed by atoms with E-state index in [1.807, 2.05) is 13.8 Å². The van der Waals surface area contributed by atoms with Crippen molar-refractivity contribution in [3.63, 3.8) is 0 Å². The smallest absolute Gasteiger partial charge is 0.347 e. The highest BCUT2D eigenvalue weighted by atomic mass is 32.1. The van der Waals surface area contributed by atoms with Crippen LogP contribution in [0.2, 0.25) is 0 Å². The van der Waals surface area contributed by atoms with Crippen molar-refractivity contribution in [3.05, 3.63) is 15.6 Å². The van der Waals surface area contributed by atoms with E-state index in [1.54, 1.807) is 0 Å². The van der Waals surface area contributed by atoms with Gasteiger partial charge in [0, 0.05) is 0 Å². The maximum Gasteiger partial charge on any atom is 0.347 e. The summed E-state index contributed by atoms with van der Waals surface area (Å²) in [5.41, 5.74) is 0.733. The summed E-state index contributed by atoms with van der Waals surface area (Å²) < 4.78 is 0. The minimum atomic E-state index is -0.848. The molecule has 1 aliphatic heterocycles. The second-order valence-corrected chi connectivity index (χ2v) is 5.85. The van der Waals surface area contributed by atoms with Gasteiger partial charge in [-0.3, -0.25) is 4.90 Å². The van der Waals surface area contributed by atoms with Gasteiger partial charge < -0.3 is 5.11 Å². The molecule has 1 N–H and O–H groups in total. The van der Waals surface area contributed by atoms with Crippen LogP contribution in [0.4, 0.5) is 0 Å². The minimum absolute atomic E-state index is 0.171. The molecule has 1 aliphatic rings. The highest BCUT2D eigenvalue weighted by Gasteiger charge is 2.21. The van der Waals surface area contributed by atoms with Gasteiger partial charge >= 0.3 is 5.97 Å². The van der Waals surface area contributed by atoms with Gasteiger partial charge in [-0.2, -0.15) is 0 Å². The maximum atomic E-state index is 11.1. The Morgan fingerprint density at radius 1 is 1.47 bits per heavy atom. The minimum Gasteiger partial charge on any atom is -0.477 e. The number of hydrogen-bond acceptors (Lipinski definition) is 4. The predicted octanol–water partition coefficient (Wildman–Crippen LogP) is 2.56. The largest absolute Gasteiger partial charge is 0.477 e. The van der Waals surface area contributed by atoms with E-state index in [0.717, 1.165) is 30.3 Å². The predicted molar refractivity (Wildman–Crippen MR) is 67.7 cm³/mol. The van der Waals surface area contributed by atoms with Crippen molar-refractivity contribution in [2.75, 3.05) is 13.1 Å². The summed E-state index contributed by atoms with van der Waals surface area (Å²) in [6.45, 7) is 7.00. The standard InChI is InChI=1S/C12H18N2O2S/c1-8(2)10-11(12(15)16)17-9(13-10)7-14-5-3-4-6-14/h8H,3-7H2,1-2H3,(H,15,16). The normalized spacial score (nSPS) is 16.9. The van der Waals surface area contributed by atoms with E-state index < -0.39 is 5.97 Å². The van der Waals surface area contributed by atoms with Crippen LogP contribution in [0.3, 0.4) is 0 Å². The Morgan fingerprint density at radius 3 is 2.59 bits per heavy atom. The third-order valence-corrected chi connectivity index (χ3v) is 4.04. The molecule has 17 heavy (non-hydrogen) atoms. The van der Waals surface area contributed by atoms with Crippen molar-refractivity contribution < 1.29 is 9.90 Å². The van der Waals surface area contributed by atoms with Crippen LogP contribution in [-0.4, -0.2) is 34.0 Å². The zero-order chi connectivity index (χ0) is 12.4. The van der Waals surface area contributed by atoms with Crippen molar-refractivity contribution in [3.8, 4) is 0 Å². The van der Waals surface area contributed by atoms with E-state index in [9.17, 15) is 4.79 Å². The highest BCUT2D eigenvalue weighted by Crippen LogP contribution is 2.26. The van der Waals surface area contributed by atoms with E-state index in [0.29, 0.717) is 4.88 Å². The average molecular weight is 254 g/mol. The van der Waals surface area contributed by atoms with Gasteiger partial charge in [-0.1, -0.05) is 13.8 Å². The molecule has 1 saturated heterocycles. The van der Waals surface area contributed by atoms with Crippen LogP contribution in [-0.2, 0) is 6.54 Å². The van der Waals surface area contributed by atoms with Crippen molar-refractivity contribution in [2.45, 2.75) is 39.2 Å². The number of rotatable bonds is 4. The molecular formula is C12H18N2O2S. The van der Waals surface area contributed by atoms with E-state index in [1.165, 1.54) is 24.2 Å². The number of carbonyl (C=O) groups is 1. The number of thiazole rings is 1. The molecule has 94 valence electrons. The summed E-state index contributed by atoms with van der Waals surface area (Å²) in [7, 11) is 0. The van der Waals surface area contributed by atoms with Crippen molar-refractivity contribution in [1.29, 1.82) is 0 Å². The van der Waals surface area contributed by atoms with Gasteiger partial charge in [0.1, 0.15) is 9.88 Å². The Balaban J connectivity index is 2.17. The number of likely N-dealkylation sites (tertiary alicyclic amines) is 1. The fourth-order valence-corrected chi connectivity index (χ4v) is 3.22. The lowest BCUT2D eigenvalue weighted by Crippen LogP contribution is -2.18. The molecule has 0 amide bonds. The fraction of sp³-hybridized carbons (Fsp3) is 0.667. The summed E-state index contributed by atoms with van der Waals surface area (Å²) in [5.74, 6) is -0.677. The first-order chi connectivity index (χ1) is 8.08. The summed E-state index contributed by atoms with van der Waals surface area (Å²) in [6.07, 6.45) is 2.49. The molecule has 0 bridgehead atoms. The molecule has 0 saturated carbocycles. The van der Waals surface area contributed by atoms with Crippen LogP contribution in [0.1, 0.15) is 53.0 Å². The topological polar surface area (TPSA) is 53.4 Å². The number of carboxylic acids is 1. The molecule has 0 radical (unpaired) electrons. The van der Waals surface area contributed by atoms with Gasteiger partial charge in [0.25, 0.3) is 0 Å². The van der Waals surface area contributed by atoms with Crippen molar-refractivity contribution >= 4 is 17.3 Å². The number of carboxylic acid groups (broad SMARTS) is 1. The summed E-state index contributed by atoms with van der Waals surface area (Å²) in [5, 5.41) is 10.1. The van der Waals surface area contributed by atoms with E-state index in [-0.39, 0.29) is 5.92 Å². The van der Waals surface area contributed by atoms with Gasteiger partial charge in [-0.05, 0) is 31.8 Å². The Bertz CT molecular complexity index is 409. The molecule has 0 unspecified atom stereocenters. The highest BCUT2D eigenvalue weighted by molar-refractivity contribution is 7.13. The van der Waals surface area contributed by atoms with E-state index >= 15 is 0 Å². The lowest BCUT2D eigenvalue weighted by Gasteiger charge is -2.11. The Kier molecular flexibility index (Phi) is 3.79. The van der Waals surface area contributed by atoms with E-state index in [2.05, 4.69) is 9.88 Å². The molecule has 2 rings (SSSR count). The molecule has 2 heterocycles. The Hall–Kier alpha value is -0.940. The van der Waals surface area contributed by atoms with Gasteiger partial charge in [-0.15, -0.1) is 11.3 Å². The summed E-state index contributed by atoms with van der Waals surface area (Å²) in [4.78, 5) is 18.4. The molecule has 5 heteroatoms. The molecule has 4 nitrogen and oxygen atoms in total. The Labute approximate surface area is 105 Å². The van der Waals surface area contributed by atoms with Gasteiger partial charge in [0.15, 0.2) is 0 Å². The fourth-order valence-electron chi connectivity index (χ4n) is 2.12. The van der Waals surface area contributed by atoms with E-state index in [4.69, 9.17) is 5.11 Å². The molecule has 1 fully saturated rings. The number of hydrogen-bond donors (Lipinski definition) is 1. The number of nitrogens with zero attached hydrogens (tertiary/aromatic N) is 2. The molecule has 0 atom stereocenters. The van der Waals surface area contributed by atoms with Gasteiger partial charge in [0.2, 0.25) is 0 Å². The average Bonchev–Trinajstić information content (AvgIpc) is 2.86. The van der Waals surface area contributed by atoms with Gasteiger partial charge in [-0.25, -0.2) is 9.78 Å². The first kappa shape index (κ1) is 12.5. The van der Waals surface area contributed by atoms with Crippen LogP contribution in [0.5, 0.6) is 0 Å². The van der Waals surface area contributed by atoms with Crippen molar-refractivity contribution in [1.82, 2.24) is 9.88 Å². The lowest BCUT2D eigenvalue weighted by atomic mass is 10.1. The monoisotopic (exact) mass is 254 g/mol. The van der Waals surface area contributed by atoms with Crippen LogP contribution in [0, 0.1) is 0 Å². The molecule has 0 aliphatic carbocycles.